The van der Waals surface area contributed by atoms with E-state index in [0.717, 1.165) is 23.1 Å². The molecule has 1 rings (SSSR count). The Morgan fingerprint density at radius 2 is 2.18 bits per heavy atom. The Morgan fingerprint density at radius 3 is 2.76 bits per heavy atom. The molecule has 0 aliphatic carbocycles. The molecule has 2 atom stereocenters. The van der Waals surface area contributed by atoms with Crippen LogP contribution in [-0.2, 0) is 0 Å². The molecule has 2 N–H and O–H groups in total. The molecule has 0 aliphatic rings. The lowest BCUT2D eigenvalue weighted by molar-refractivity contribution is 0.218. The van der Waals surface area contributed by atoms with E-state index in [1.807, 2.05) is 24.3 Å². The maximum absolute atomic E-state index is 6.28. The van der Waals surface area contributed by atoms with Gasteiger partial charge >= 0.3 is 0 Å². The van der Waals surface area contributed by atoms with Gasteiger partial charge in [-0.05, 0) is 37.5 Å². The number of hydrogen-bond acceptors (Lipinski definition) is 2. The van der Waals surface area contributed by atoms with Gasteiger partial charge in [0.1, 0.15) is 5.75 Å². The molecular formula is C14H22BrNO. The molecule has 1 aromatic carbocycles. The molecule has 0 aliphatic heterocycles. The summed E-state index contributed by atoms with van der Waals surface area (Å²) in [6.45, 7) is 7.13. The molecule has 2 nitrogen and oxygen atoms in total. The summed E-state index contributed by atoms with van der Waals surface area (Å²) in [5, 5.41) is 0. The fourth-order valence-electron chi connectivity index (χ4n) is 1.66. The molecule has 0 heterocycles. The highest BCUT2D eigenvalue weighted by atomic mass is 79.9. The highest BCUT2D eigenvalue weighted by molar-refractivity contribution is 9.10. The monoisotopic (exact) mass is 299 g/mol. The van der Waals surface area contributed by atoms with Gasteiger partial charge in [0.2, 0.25) is 0 Å². The smallest absolute Gasteiger partial charge is 0.120 e. The summed E-state index contributed by atoms with van der Waals surface area (Å²) in [6.07, 6.45) is 1.97. The Hall–Kier alpha value is -0.540. The van der Waals surface area contributed by atoms with Crippen molar-refractivity contribution >= 4 is 15.9 Å². The van der Waals surface area contributed by atoms with Crippen LogP contribution in [-0.4, -0.2) is 12.1 Å². The number of nitrogens with two attached hydrogens (primary N) is 1. The molecule has 0 saturated carbocycles. The lowest BCUT2D eigenvalue weighted by Crippen LogP contribution is -2.44. The molecular weight excluding hydrogens is 278 g/mol. The van der Waals surface area contributed by atoms with Crippen molar-refractivity contribution in [3.8, 4) is 5.75 Å². The molecule has 0 radical (unpaired) electrons. The van der Waals surface area contributed by atoms with Gasteiger partial charge in [-0.3, -0.25) is 0 Å². The van der Waals surface area contributed by atoms with Crippen LogP contribution < -0.4 is 10.5 Å². The van der Waals surface area contributed by atoms with Crippen LogP contribution in [0.1, 0.15) is 33.6 Å². The lowest BCUT2D eigenvalue weighted by atomic mass is 9.84. The highest BCUT2D eigenvalue weighted by Gasteiger charge is 2.24. The Kier molecular flexibility index (Phi) is 5.47. The minimum absolute atomic E-state index is 0.152. The zero-order chi connectivity index (χ0) is 12.9. The fourth-order valence-corrected chi connectivity index (χ4v) is 2.04. The summed E-state index contributed by atoms with van der Waals surface area (Å²) in [4.78, 5) is 0. The molecule has 2 unspecified atom stereocenters. The fraction of sp³-hybridized carbons (Fsp3) is 0.571. The Bertz CT molecular complexity index is 352. The van der Waals surface area contributed by atoms with Gasteiger partial charge in [0.25, 0.3) is 0 Å². The second-order valence-corrected chi connectivity index (χ2v) is 5.79. The molecule has 0 amide bonds. The molecule has 0 saturated heterocycles. The van der Waals surface area contributed by atoms with Gasteiger partial charge in [0.15, 0.2) is 0 Å². The predicted molar refractivity (Wildman–Crippen MR) is 76.3 cm³/mol. The summed E-state index contributed by atoms with van der Waals surface area (Å²) < 4.78 is 6.74. The van der Waals surface area contributed by atoms with Crippen LogP contribution in [0, 0.1) is 5.92 Å². The van der Waals surface area contributed by atoms with Crippen molar-refractivity contribution in [3.05, 3.63) is 28.7 Å². The Balaban J connectivity index is 2.42. The standard InChI is InChI=1S/C14H22BrNO/c1-4-11(2)14(3,16)8-9-17-13-7-5-6-12(15)10-13/h5-7,10-11H,4,8-9,16H2,1-3H3. The number of halogens is 1. The molecule has 0 spiro atoms. The largest absolute Gasteiger partial charge is 0.493 e. The maximum atomic E-state index is 6.28. The van der Waals surface area contributed by atoms with Crippen LogP contribution in [0.4, 0.5) is 0 Å². The second kappa shape index (κ2) is 6.41. The first-order chi connectivity index (χ1) is 7.95. The van der Waals surface area contributed by atoms with Crippen LogP contribution in [0.5, 0.6) is 5.75 Å². The van der Waals surface area contributed by atoms with Crippen LogP contribution in [0.3, 0.4) is 0 Å². The highest BCUT2D eigenvalue weighted by Crippen LogP contribution is 2.22. The van der Waals surface area contributed by atoms with Gasteiger partial charge in [0, 0.05) is 10.0 Å². The molecule has 0 fully saturated rings. The lowest BCUT2D eigenvalue weighted by Gasteiger charge is -2.31. The Labute approximate surface area is 113 Å². The van der Waals surface area contributed by atoms with Crippen molar-refractivity contribution in [1.29, 1.82) is 0 Å². The quantitative estimate of drug-likeness (QED) is 0.862. The summed E-state index contributed by atoms with van der Waals surface area (Å²) in [6, 6.07) is 7.88. The van der Waals surface area contributed by atoms with Crippen LogP contribution >= 0.6 is 15.9 Å². The van der Waals surface area contributed by atoms with Crippen molar-refractivity contribution in [3.63, 3.8) is 0 Å². The minimum atomic E-state index is -0.152. The van der Waals surface area contributed by atoms with E-state index in [4.69, 9.17) is 10.5 Å². The van der Waals surface area contributed by atoms with E-state index < -0.39 is 0 Å². The first kappa shape index (κ1) is 14.5. The third-order valence-corrected chi connectivity index (χ3v) is 3.94. The minimum Gasteiger partial charge on any atom is -0.493 e. The van der Waals surface area contributed by atoms with Crippen LogP contribution in [0.15, 0.2) is 28.7 Å². The second-order valence-electron chi connectivity index (χ2n) is 4.87. The zero-order valence-corrected chi connectivity index (χ0v) is 12.5. The van der Waals surface area contributed by atoms with E-state index >= 15 is 0 Å². The van der Waals surface area contributed by atoms with Gasteiger partial charge in [-0.25, -0.2) is 0 Å². The molecule has 17 heavy (non-hydrogen) atoms. The van der Waals surface area contributed by atoms with Crippen LogP contribution in [0.2, 0.25) is 0 Å². The first-order valence-electron chi connectivity index (χ1n) is 6.13. The van der Waals surface area contributed by atoms with Crippen LogP contribution in [0.25, 0.3) is 0 Å². The number of benzene rings is 1. The SMILES string of the molecule is CCC(C)C(C)(N)CCOc1cccc(Br)c1. The molecule has 3 heteroatoms. The molecule has 1 aromatic rings. The van der Waals surface area contributed by atoms with Crippen molar-refractivity contribution in [2.75, 3.05) is 6.61 Å². The van der Waals surface area contributed by atoms with E-state index in [-0.39, 0.29) is 5.54 Å². The van der Waals surface area contributed by atoms with Gasteiger partial charge in [-0.1, -0.05) is 42.3 Å². The van der Waals surface area contributed by atoms with Gasteiger partial charge in [-0.15, -0.1) is 0 Å². The summed E-state index contributed by atoms with van der Waals surface area (Å²) in [5.74, 6) is 1.40. The normalized spacial score (nSPS) is 16.3. The van der Waals surface area contributed by atoms with E-state index in [2.05, 4.69) is 36.7 Å². The topological polar surface area (TPSA) is 35.2 Å². The van der Waals surface area contributed by atoms with E-state index in [0.29, 0.717) is 12.5 Å². The van der Waals surface area contributed by atoms with E-state index in [9.17, 15) is 0 Å². The van der Waals surface area contributed by atoms with Gasteiger partial charge in [0.05, 0.1) is 6.61 Å². The number of hydrogen-bond donors (Lipinski definition) is 1. The zero-order valence-electron chi connectivity index (χ0n) is 10.9. The average Bonchev–Trinajstić information content (AvgIpc) is 2.27. The maximum Gasteiger partial charge on any atom is 0.120 e. The number of ether oxygens (including phenoxy) is 1. The van der Waals surface area contributed by atoms with Crippen molar-refractivity contribution in [2.24, 2.45) is 11.7 Å². The third kappa shape index (κ3) is 4.68. The van der Waals surface area contributed by atoms with E-state index in [1.54, 1.807) is 0 Å². The average molecular weight is 300 g/mol. The van der Waals surface area contributed by atoms with Crippen molar-refractivity contribution in [2.45, 2.75) is 39.2 Å². The predicted octanol–water partition coefficient (Wildman–Crippen LogP) is 3.98. The summed E-state index contributed by atoms with van der Waals surface area (Å²) >= 11 is 3.42. The van der Waals surface area contributed by atoms with E-state index in [1.165, 1.54) is 0 Å². The molecule has 0 bridgehead atoms. The van der Waals surface area contributed by atoms with Gasteiger partial charge < -0.3 is 10.5 Å². The Morgan fingerprint density at radius 1 is 1.47 bits per heavy atom. The van der Waals surface area contributed by atoms with Crippen molar-refractivity contribution in [1.82, 2.24) is 0 Å². The third-order valence-electron chi connectivity index (χ3n) is 3.44. The summed E-state index contributed by atoms with van der Waals surface area (Å²) in [7, 11) is 0. The van der Waals surface area contributed by atoms with Crippen molar-refractivity contribution < 1.29 is 4.74 Å². The first-order valence-corrected chi connectivity index (χ1v) is 6.92. The molecule has 0 aromatic heterocycles. The summed E-state index contributed by atoms with van der Waals surface area (Å²) in [5.41, 5.74) is 6.12. The molecule has 96 valence electrons. The number of rotatable bonds is 6. The van der Waals surface area contributed by atoms with Gasteiger partial charge in [-0.2, -0.15) is 0 Å².